The zero-order valence-electron chi connectivity index (χ0n) is 72.6. The van der Waals surface area contributed by atoms with E-state index in [4.69, 9.17) is 19.4 Å². The SMILES string of the molecule is c1ccc(-c2cc(-n3c4cccc5c6ccccc6n6c7ccccc7c7ccc3c(c54)c76)cc3c2oc2ccccc23)cc1.c1ccc(-c2cc(-n3c4cccc5c6ccccc6n6c7ccccc7c7ccc3c(c54)c76)nc3ccccc23)cc1.c1ccc(-c2nc(-c3ccccc3)c3cc(-n4c5cccc6c7ccccc7n7c8ccccc8c8ccc4c(c65)c87)ccc3n2)cc1. The summed E-state index contributed by atoms with van der Waals surface area (Å²) in [6, 6.07) is 159. The van der Waals surface area contributed by atoms with Crippen LogP contribution in [0.5, 0.6) is 0 Å². The maximum Gasteiger partial charge on any atom is 0.160 e. The molecule has 10 heteroatoms. The molecule has 0 atom stereocenters. The molecule has 10 nitrogen and oxygen atoms in total. The lowest BCUT2D eigenvalue weighted by atomic mass is 10.0. The first kappa shape index (κ1) is 73.6. The number of hydrogen-bond acceptors (Lipinski definition) is 4. The van der Waals surface area contributed by atoms with Crippen molar-refractivity contribution in [2.45, 2.75) is 0 Å². The van der Waals surface area contributed by atoms with Gasteiger partial charge in [0.15, 0.2) is 5.82 Å². The quantitative estimate of drug-likeness (QED) is 0.159. The van der Waals surface area contributed by atoms with Crippen LogP contribution in [-0.4, -0.2) is 41.9 Å². The summed E-state index contributed by atoms with van der Waals surface area (Å²) in [6.07, 6.45) is 0. The average Bonchev–Trinajstić information content (AvgIpc) is 1.54. The number of nitrogens with zero attached hydrogens (tertiary/aromatic N) is 9. The maximum absolute atomic E-state index is 6.55. The van der Waals surface area contributed by atoms with Crippen LogP contribution in [0.2, 0.25) is 0 Å². The van der Waals surface area contributed by atoms with Crippen molar-refractivity contribution in [2.24, 2.45) is 0 Å². The maximum atomic E-state index is 6.55. The molecule has 12 aromatic heterocycles. The molecule has 0 unspecified atom stereocenters. The molecular formula is C125H73N9O. The first-order chi connectivity index (χ1) is 67.0. The van der Waals surface area contributed by atoms with E-state index in [1.54, 1.807) is 0 Å². The summed E-state index contributed by atoms with van der Waals surface area (Å²) in [5.41, 5.74) is 31.9. The van der Waals surface area contributed by atoms with Crippen LogP contribution in [0.25, 0.3) is 286 Å². The fourth-order valence-electron chi connectivity index (χ4n) is 23.4. The molecule has 0 amide bonds. The highest BCUT2D eigenvalue weighted by molar-refractivity contribution is 6.37. The molecule has 0 spiro atoms. The van der Waals surface area contributed by atoms with Crippen molar-refractivity contribution < 1.29 is 4.42 Å². The van der Waals surface area contributed by atoms with Crippen LogP contribution < -0.4 is 0 Å². The van der Waals surface area contributed by atoms with Gasteiger partial charge in [-0.25, -0.2) is 15.0 Å². The fraction of sp³-hybridized carbons (Fsp3) is 0. The van der Waals surface area contributed by atoms with E-state index in [1.807, 2.05) is 30.3 Å². The van der Waals surface area contributed by atoms with Gasteiger partial charge >= 0.3 is 0 Å². The second-order valence-corrected chi connectivity index (χ2v) is 35.9. The normalized spacial score (nSPS) is 12.3. The Labute approximate surface area is 769 Å². The smallest absolute Gasteiger partial charge is 0.160 e. The minimum absolute atomic E-state index is 0.729. The zero-order chi connectivity index (χ0) is 87.9. The van der Waals surface area contributed by atoms with E-state index in [-0.39, 0.29) is 0 Å². The molecule has 0 aliphatic rings. The summed E-state index contributed by atoms with van der Waals surface area (Å²) >= 11 is 0. The van der Waals surface area contributed by atoms with E-state index in [0.29, 0.717) is 0 Å². The molecule has 20 aromatic carbocycles. The Balaban J connectivity index is 0.0000000966. The van der Waals surface area contributed by atoms with Gasteiger partial charge in [0.05, 0.1) is 99.5 Å². The second-order valence-electron chi connectivity index (χ2n) is 35.9. The lowest BCUT2D eigenvalue weighted by Crippen LogP contribution is -1.99. The first-order valence-electron chi connectivity index (χ1n) is 46.2. The molecule has 135 heavy (non-hydrogen) atoms. The second kappa shape index (κ2) is 28.1. The van der Waals surface area contributed by atoms with Crippen molar-refractivity contribution in [2.75, 3.05) is 0 Å². The zero-order valence-corrected chi connectivity index (χ0v) is 72.6. The molecule has 32 rings (SSSR count). The molecule has 0 saturated heterocycles. The highest BCUT2D eigenvalue weighted by Gasteiger charge is 2.30. The monoisotopic (exact) mass is 1720 g/mol. The predicted octanol–water partition coefficient (Wildman–Crippen LogP) is 32.9. The van der Waals surface area contributed by atoms with Gasteiger partial charge in [0, 0.05) is 130 Å². The van der Waals surface area contributed by atoms with Gasteiger partial charge < -0.3 is 26.8 Å². The number of rotatable bonds is 7. The number of aromatic nitrogens is 9. The molecule has 624 valence electrons. The van der Waals surface area contributed by atoms with Crippen LogP contribution in [-0.2, 0) is 0 Å². The van der Waals surface area contributed by atoms with E-state index < -0.39 is 0 Å². The molecule has 0 aliphatic heterocycles. The summed E-state index contributed by atoms with van der Waals surface area (Å²) in [6.45, 7) is 0. The number of fused-ring (bicyclic) bond motifs is 23. The molecule has 0 N–H and O–H groups in total. The highest BCUT2D eigenvalue weighted by Crippen LogP contribution is 2.52. The minimum atomic E-state index is 0.729. The van der Waals surface area contributed by atoms with E-state index in [0.717, 1.165) is 94.7 Å². The minimum Gasteiger partial charge on any atom is -0.455 e. The molecule has 0 aliphatic carbocycles. The summed E-state index contributed by atoms with van der Waals surface area (Å²) in [5.74, 6) is 1.66. The van der Waals surface area contributed by atoms with Crippen LogP contribution in [0, 0.1) is 0 Å². The number of benzene rings is 20. The van der Waals surface area contributed by atoms with E-state index in [9.17, 15) is 0 Å². The molecule has 32 aromatic rings. The van der Waals surface area contributed by atoms with E-state index in [2.05, 4.69) is 439 Å². The van der Waals surface area contributed by atoms with Crippen LogP contribution in [0.3, 0.4) is 0 Å². The number of para-hydroxylation sites is 8. The number of furan rings is 1. The van der Waals surface area contributed by atoms with Crippen LogP contribution in [0.1, 0.15) is 0 Å². The van der Waals surface area contributed by atoms with Crippen molar-refractivity contribution in [3.05, 3.63) is 443 Å². The summed E-state index contributed by atoms with van der Waals surface area (Å²) in [5, 5.41) is 27.4. The topological polar surface area (TPSA) is 79.8 Å². The Morgan fingerprint density at radius 1 is 0.185 bits per heavy atom. The Morgan fingerprint density at radius 3 is 1.01 bits per heavy atom. The van der Waals surface area contributed by atoms with E-state index >= 15 is 0 Å². The third-order valence-electron chi connectivity index (χ3n) is 28.9. The van der Waals surface area contributed by atoms with E-state index in [1.165, 1.54) is 191 Å². The molecule has 0 fully saturated rings. The Hall–Kier alpha value is -18.3. The van der Waals surface area contributed by atoms with Crippen molar-refractivity contribution >= 4 is 223 Å². The fourth-order valence-corrected chi connectivity index (χ4v) is 23.4. The molecule has 0 bridgehead atoms. The molecule has 0 saturated carbocycles. The Morgan fingerprint density at radius 2 is 0.533 bits per heavy atom. The Kier molecular flexibility index (Phi) is 15.3. The predicted molar refractivity (Wildman–Crippen MR) is 564 cm³/mol. The Bertz CT molecular complexity index is 10600. The van der Waals surface area contributed by atoms with Crippen LogP contribution in [0.4, 0.5) is 0 Å². The van der Waals surface area contributed by atoms with Crippen LogP contribution >= 0.6 is 0 Å². The molecular weight excluding hydrogens is 1640 g/mol. The van der Waals surface area contributed by atoms with Gasteiger partial charge in [0.2, 0.25) is 0 Å². The largest absolute Gasteiger partial charge is 0.455 e. The molecule has 0 radical (unpaired) electrons. The number of hydrogen-bond donors (Lipinski definition) is 0. The number of pyridine rings is 1. The lowest BCUT2D eigenvalue weighted by Gasteiger charge is -2.13. The van der Waals surface area contributed by atoms with Gasteiger partial charge in [-0.1, -0.05) is 322 Å². The average molecular weight is 1720 g/mol. The highest BCUT2D eigenvalue weighted by atomic mass is 16.3. The van der Waals surface area contributed by atoms with Gasteiger partial charge in [0.25, 0.3) is 0 Å². The standard InChI is InChI=1S/C44H26N4.C42H24N2O.C39H23N3/c1-3-12-27(13-4-1)42-34-26-29(22-24-35(34)45-44(46-42)28-14-5-2-6-15-28)47-38-21-11-18-32-30-16-7-9-19-36(30)48-37-20-10-8-17-31(37)33-23-25-39(47)41(40(32)38)43(33)48;1-2-11-25(12-3-1)32-23-26(24-33-29-15-6-9-20-38(29)45-42(32)33)43-36-19-10-16-30-27-13-4-7-17-34(27)44-35-18-8-5-14-28(35)31-21-22-37(43)40(39(30)36)41(31)44;1-2-11-24(12-3-1)30-23-36(40-31-17-7-4-13-25(30)31)41-34-20-10-16-28-26-14-5-8-18-32(26)42-33-19-9-6-15-27(33)29-21-22-35(41)38(37(28)34)39(29)42/h1-26H;1-24H;1-23H. The summed E-state index contributed by atoms with van der Waals surface area (Å²) in [4.78, 5) is 15.6. The van der Waals surface area contributed by atoms with Gasteiger partial charge in [-0.15, -0.1) is 0 Å². The molecule has 12 heterocycles. The van der Waals surface area contributed by atoms with Crippen molar-refractivity contribution in [1.82, 2.24) is 41.9 Å². The van der Waals surface area contributed by atoms with Crippen molar-refractivity contribution in [3.63, 3.8) is 0 Å². The van der Waals surface area contributed by atoms with Crippen molar-refractivity contribution in [3.8, 4) is 62.1 Å². The van der Waals surface area contributed by atoms with Gasteiger partial charge in [0.1, 0.15) is 17.0 Å². The van der Waals surface area contributed by atoms with Gasteiger partial charge in [-0.05, 0) is 154 Å². The summed E-state index contributed by atoms with van der Waals surface area (Å²) < 4.78 is 21.3. The van der Waals surface area contributed by atoms with Crippen LogP contribution in [0.15, 0.2) is 447 Å². The van der Waals surface area contributed by atoms with Crippen molar-refractivity contribution in [1.29, 1.82) is 0 Å². The third kappa shape index (κ3) is 10.4. The first-order valence-corrected chi connectivity index (χ1v) is 46.2. The third-order valence-corrected chi connectivity index (χ3v) is 28.9. The van der Waals surface area contributed by atoms with Gasteiger partial charge in [-0.2, -0.15) is 0 Å². The van der Waals surface area contributed by atoms with Gasteiger partial charge in [-0.3, -0.25) is 4.57 Å². The summed E-state index contributed by atoms with van der Waals surface area (Å²) in [7, 11) is 0. The lowest BCUT2D eigenvalue weighted by molar-refractivity contribution is 0.670.